The van der Waals surface area contributed by atoms with Crippen molar-refractivity contribution in [1.82, 2.24) is 14.7 Å². The number of likely N-dealkylation sites (N-methyl/N-ethyl adjacent to an activating group) is 1. The van der Waals surface area contributed by atoms with Crippen LogP contribution in [0.5, 0.6) is 0 Å². The third kappa shape index (κ3) is 6.28. The van der Waals surface area contributed by atoms with Crippen LogP contribution in [-0.2, 0) is 13.0 Å². The zero-order chi connectivity index (χ0) is 19.2. The molecule has 1 N–H and O–H groups in total. The van der Waals surface area contributed by atoms with Gasteiger partial charge in [0.1, 0.15) is 0 Å². The van der Waals surface area contributed by atoms with Crippen LogP contribution in [0.2, 0.25) is 0 Å². The number of rotatable bonds is 7. The molecule has 0 amide bonds. The van der Waals surface area contributed by atoms with E-state index in [9.17, 15) is 5.11 Å². The maximum absolute atomic E-state index is 9.91. The average molecular weight is 374 g/mol. The Labute approximate surface area is 166 Å². The second kappa shape index (κ2) is 10.0. The molecular weight excluding hydrogens is 334 g/mol. The summed E-state index contributed by atoms with van der Waals surface area (Å²) in [6, 6.07) is 9.17. The summed E-state index contributed by atoms with van der Waals surface area (Å²) in [5.41, 5.74) is 2.84. The predicted molar refractivity (Wildman–Crippen MR) is 113 cm³/mol. The molecule has 0 radical (unpaired) electrons. The van der Waals surface area contributed by atoms with Crippen LogP contribution in [0.25, 0.3) is 0 Å². The van der Waals surface area contributed by atoms with Gasteiger partial charge in [-0.15, -0.1) is 0 Å². The molecule has 0 unspecified atom stereocenters. The first-order valence-corrected chi connectivity index (χ1v) is 10.9. The number of likely N-dealkylation sites (tertiary alicyclic amines) is 1. The van der Waals surface area contributed by atoms with Crippen LogP contribution < -0.4 is 0 Å². The average Bonchev–Trinajstić information content (AvgIpc) is 2.89. The van der Waals surface area contributed by atoms with Gasteiger partial charge >= 0.3 is 0 Å². The first-order valence-electron chi connectivity index (χ1n) is 10.9. The van der Waals surface area contributed by atoms with E-state index in [0.29, 0.717) is 24.4 Å². The summed E-state index contributed by atoms with van der Waals surface area (Å²) in [6.45, 7) is 13.9. The molecule has 0 aliphatic carbocycles. The molecule has 0 bridgehead atoms. The fourth-order valence-electron chi connectivity index (χ4n) is 4.70. The SMILES string of the molecule is CC(C)Cc1ccc(CN2C[C@@H](CN3CCCN(C)CC3)[C@@H](CO)C2)cc1. The van der Waals surface area contributed by atoms with Gasteiger partial charge < -0.3 is 14.9 Å². The van der Waals surface area contributed by atoms with E-state index >= 15 is 0 Å². The summed E-state index contributed by atoms with van der Waals surface area (Å²) in [5.74, 6) is 1.73. The fourth-order valence-corrected chi connectivity index (χ4v) is 4.70. The van der Waals surface area contributed by atoms with E-state index in [1.54, 1.807) is 0 Å². The maximum Gasteiger partial charge on any atom is 0.0475 e. The predicted octanol–water partition coefficient (Wildman–Crippen LogP) is 2.56. The van der Waals surface area contributed by atoms with Crippen LogP contribution in [0.1, 0.15) is 31.4 Å². The van der Waals surface area contributed by atoms with E-state index in [0.717, 1.165) is 32.6 Å². The summed E-state index contributed by atoms with van der Waals surface area (Å²) in [4.78, 5) is 7.61. The van der Waals surface area contributed by atoms with Crippen molar-refractivity contribution < 1.29 is 5.11 Å². The molecule has 0 aromatic heterocycles. The highest BCUT2D eigenvalue weighted by Crippen LogP contribution is 2.26. The Morgan fingerprint density at radius 1 is 0.926 bits per heavy atom. The van der Waals surface area contributed by atoms with Crippen molar-refractivity contribution in [1.29, 1.82) is 0 Å². The van der Waals surface area contributed by atoms with Crippen LogP contribution in [-0.4, -0.2) is 79.3 Å². The van der Waals surface area contributed by atoms with Gasteiger partial charge in [0.25, 0.3) is 0 Å². The molecule has 2 aliphatic heterocycles. The number of aliphatic hydroxyl groups is 1. The highest BCUT2D eigenvalue weighted by Gasteiger charge is 2.33. The van der Waals surface area contributed by atoms with Crippen molar-refractivity contribution in [3.8, 4) is 0 Å². The Kier molecular flexibility index (Phi) is 7.71. The van der Waals surface area contributed by atoms with E-state index in [1.165, 1.54) is 43.7 Å². The topological polar surface area (TPSA) is 30.0 Å². The molecule has 152 valence electrons. The molecule has 2 heterocycles. The van der Waals surface area contributed by atoms with Crippen molar-refractivity contribution in [2.75, 3.05) is 59.5 Å². The van der Waals surface area contributed by atoms with Crippen molar-refractivity contribution in [2.45, 2.75) is 33.2 Å². The van der Waals surface area contributed by atoms with Crippen LogP contribution >= 0.6 is 0 Å². The first kappa shape index (κ1) is 20.8. The number of benzene rings is 1. The molecule has 4 nitrogen and oxygen atoms in total. The van der Waals surface area contributed by atoms with Crippen molar-refractivity contribution in [3.05, 3.63) is 35.4 Å². The van der Waals surface area contributed by atoms with Crippen LogP contribution in [0, 0.1) is 17.8 Å². The first-order chi connectivity index (χ1) is 13.0. The Morgan fingerprint density at radius 2 is 1.63 bits per heavy atom. The Hall–Kier alpha value is -0.940. The largest absolute Gasteiger partial charge is 0.396 e. The summed E-state index contributed by atoms with van der Waals surface area (Å²) in [6.07, 6.45) is 2.42. The van der Waals surface area contributed by atoms with Gasteiger partial charge in [-0.3, -0.25) is 4.90 Å². The molecule has 1 aromatic carbocycles. The van der Waals surface area contributed by atoms with Gasteiger partial charge in [-0.1, -0.05) is 38.1 Å². The Morgan fingerprint density at radius 3 is 2.33 bits per heavy atom. The van der Waals surface area contributed by atoms with E-state index in [1.807, 2.05) is 0 Å². The van der Waals surface area contributed by atoms with Gasteiger partial charge in [-0.25, -0.2) is 0 Å². The lowest BCUT2D eigenvalue weighted by Crippen LogP contribution is -2.36. The number of aliphatic hydroxyl groups excluding tert-OH is 1. The van der Waals surface area contributed by atoms with Gasteiger partial charge in [-0.2, -0.15) is 0 Å². The summed E-state index contributed by atoms with van der Waals surface area (Å²) < 4.78 is 0. The van der Waals surface area contributed by atoms with E-state index in [4.69, 9.17) is 0 Å². The van der Waals surface area contributed by atoms with E-state index in [2.05, 4.69) is 59.9 Å². The lowest BCUT2D eigenvalue weighted by atomic mass is 9.96. The van der Waals surface area contributed by atoms with Gasteiger partial charge in [0.05, 0.1) is 0 Å². The van der Waals surface area contributed by atoms with Crippen molar-refractivity contribution >= 4 is 0 Å². The molecule has 2 fully saturated rings. The Bertz CT molecular complexity index is 559. The highest BCUT2D eigenvalue weighted by atomic mass is 16.3. The lowest BCUT2D eigenvalue weighted by molar-refractivity contribution is 0.165. The van der Waals surface area contributed by atoms with Crippen molar-refractivity contribution in [2.24, 2.45) is 17.8 Å². The molecule has 0 saturated carbocycles. The molecule has 0 spiro atoms. The van der Waals surface area contributed by atoms with Crippen LogP contribution in [0.15, 0.2) is 24.3 Å². The fraction of sp³-hybridized carbons (Fsp3) is 0.739. The lowest BCUT2D eigenvalue weighted by Gasteiger charge is -2.26. The maximum atomic E-state index is 9.91. The zero-order valence-corrected chi connectivity index (χ0v) is 17.6. The normalized spacial score (nSPS) is 26.0. The van der Waals surface area contributed by atoms with Crippen LogP contribution in [0.3, 0.4) is 0 Å². The number of hydrogen-bond donors (Lipinski definition) is 1. The minimum absolute atomic E-state index is 0.322. The third-order valence-electron chi connectivity index (χ3n) is 6.26. The van der Waals surface area contributed by atoms with Crippen molar-refractivity contribution in [3.63, 3.8) is 0 Å². The monoisotopic (exact) mass is 373 g/mol. The standard InChI is InChI=1S/C23H39N3O/c1-19(2)13-20-5-7-21(8-6-20)14-26-16-22(23(17-26)18-27)15-25-10-4-9-24(3)11-12-25/h5-8,19,22-23,27H,4,9-18H2,1-3H3/t22-,23-/m1/s1. The number of hydrogen-bond acceptors (Lipinski definition) is 4. The van der Waals surface area contributed by atoms with Gasteiger partial charge in [0, 0.05) is 45.9 Å². The second-order valence-electron chi connectivity index (χ2n) is 9.27. The molecule has 2 aliphatic rings. The van der Waals surface area contributed by atoms with Crippen LogP contribution in [0.4, 0.5) is 0 Å². The third-order valence-corrected chi connectivity index (χ3v) is 6.26. The summed E-state index contributed by atoms with van der Waals surface area (Å²) >= 11 is 0. The van der Waals surface area contributed by atoms with Gasteiger partial charge in [-0.05, 0) is 61.9 Å². The summed E-state index contributed by atoms with van der Waals surface area (Å²) in [7, 11) is 2.23. The minimum Gasteiger partial charge on any atom is -0.396 e. The van der Waals surface area contributed by atoms with E-state index < -0.39 is 0 Å². The molecular formula is C23H39N3O. The van der Waals surface area contributed by atoms with Gasteiger partial charge in [0.15, 0.2) is 0 Å². The quantitative estimate of drug-likeness (QED) is 0.796. The summed E-state index contributed by atoms with van der Waals surface area (Å²) in [5, 5.41) is 9.91. The van der Waals surface area contributed by atoms with E-state index in [-0.39, 0.29) is 0 Å². The smallest absolute Gasteiger partial charge is 0.0475 e. The second-order valence-corrected chi connectivity index (χ2v) is 9.27. The molecule has 27 heavy (non-hydrogen) atoms. The zero-order valence-electron chi connectivity index (χ0n) is 17.6. The van der Waals surface area contributed by atoms with Gasteiger partial charge in [0.2, 0.25) is 0 Å². The highest BCUT2D eigenvalue weighted by molar-refractivity contribution is 5.23. The molecule has 1 aromatic rings. The molecule has 4 heteroatoms. The molecule has 3 rings (SSSR count). The molecule has 2 saturated heterocycles. The minimum atomic E-state index is 0.322. The number of nitrogens with zero attached hydrogens (tertiary/aromatic N) is 3. The molecule has 2 atom stereocenters. The Balaban J connectivity index is 1.52.